The molecule has 2 heterocycles. The number of nitro benzene ring substituents is 1. The minimum Gasteiger partial charge on any atom is -0.295 e. The van der Waals surface area contributed by atoms with Crippen molar-refractivity contribution >= 4 is 27.0 Å². The molecule has 3 rings (SSSR count). The highest BCUT2D eigenvalue weighted by Gasteiger charge is 2.31. The van der Waals surface area contributed by atoms with Crippen molar-refractivity contribution in [2.75, 3.05) is 26.2 Å². The third-order valence-electron chi connectivity index (χ3n) is 4.69. The average molecular weight is 411 g/mol. The van der Waals surface area contributed by atoms with Crippen molar-refractivity contribution in [1.82, 2.24) is 14.2 Å². The number of hydrogen-bond donors (Lipinski definition) is 0. The molecule has 1 fully saturated rings. The molecule has 146 valence electrons. The van der Waals surface area contributed by atoms with Crippen LogP contribution < -0.4 is 0 Å². The number of rotatable bonds is 6. The Labute approximate surface area is 162 Å². The highest BCUT2D eigenvalue weighted by molar-refractivity contribution is 7.89. The highest BCUT2D eigenvalue weighted by atomic mass is 32.2. The predicted molar refractivity (Wildman–Crippen MR) is 103 cm³/mol. The van der Waals surface area contributed by atoms with Gasteiger partial charge in [-0.3, -0.25) is 15.0 Å². The van der Waals surface area contributed by atoms with Crippen molar-refractivity contribution in [2.45, 2.75) is 31.7 Å². The molecule has 0 N–H and O–H groups in total. The third-order valence-corrected chi connectivity index (χ3v) is 7.77. The van der Waals surface area contributed by atoms with Crippen molar-refractivity contribution in [3.05, 3.63) is 50.0 Å². The number of nitro groups is 1. The molecule has 0 amide bonds. The van der Waals surface area contributed by atoms with E-state index in [1.165, 1.54) is 29.4 Å². The Morgan fingerprint density at radius 3 is 2.56 bits per heavy atom. The second-order valence-corrected chi connectivity index (χ2v) is 9.27. The first-order valence-electron chi connectivity index (χ1n) is 8.72. The fourth-order valence-electron chi connectivity index (χ4n) is 3.16. The molecule has 1 aliphatic heterocycles. The molecule has 1 saturated heterocycles. The molecule has 1 aromatic heterocycles. The second kappa shape index (κ2) is 8.01. The number of sulfonamides is 1. The third kappa shape index (κ3) is 4.18. The lowest BCUT2D eigenvalue weighted by Crippen LogP contribution is -2.48. The topological polar surface area (TPSA) is 96.7 Å². The van der Waals surface area contributed by atoms with Gasteiger partial charge in [-0.25, -0.2) is 13.4 Å². The van der Waals surface area contributed by atoms with Gasteiger partial charge in [-0.15, -0.1) is 11.3 Å². The van der Waals surface area contributed by atoms with Crippen LogP contribution >= 0.6 is 11.3 Å². The standard InChI is InChI=1S/C17H22N4O4S2/c1-3-17-18-14(12-26-17)11-19-7-9-20(10-8-19)27(24,25)16-6-4-5-15(13(16)2)21(22)23/h4-6,12H,3,7-11H2,1-2H3. The van der Waals surface area contributed by atoms with Gasteiger partial charge in [-0.2, -0.15) is 4.31 Å². The molecular formula is C17H22N4O4S2. The molecule has 1 aliphatic rings. The summed E-state index contributed by atoms with van der Waals surface area (Å²) in [5.41, 5.74) is 1.02. The van der Waals surface area contributed by atoms with E-state index in [1.807, 2.05) is 0 Å². The summed E-state index contributed by atoms with van der Waals surface area (Å²) >= 11 is 1.65. The van der Waals surface area contributed by atoms with Crippen LogP contribution in [-0.2, 0) is 23.0 Å². The van der Waals surface area contributed by atoms with Crippen molar-refractivity contribution in [1.29, 1.82) is 0 Å². The summed E-state index contributed by atoms with van der Waals surface area (Å²) in [7, 11) is -3.76. The predicted octanol–water partition coefficient (Wildman–Crippen LogP) is 2.43. The number of thiazole rings is 1. The first kappa shape index (κ1) is 19.9. The van der Waals surface area contributed by atoms with Gasteiger partial charge >= 0.3 is 0 Å². The van der Waals surface area contributed by atoms with Crippen LogP contribution in [0.5, 0.6) is 0 Å². The van der Waals surface area contributed by atoms with Crippen molar-refractivity contribution < 1.29 is 13.3 Å². The van der Waals surface area contributed by atoms with Gasteiger partial charge in [0.15, 0.2) is 0 Å². The van der Waals surface area contributed by atoms with Crippen LogP contribution in [0, 0.1) is 17.0 Å². The van der Waals surface area contributed by atoms with E-state index in [4.69, 9.17) is 0 Å². The molecule has 1 aromatic carbocycles. The van der Waals surface area contributed by atoms with E-state index in [9.17, 15) is 18.5 Å². The number of nitrogens with zero attached hydrogens (tertiary/aromatic N) is 4. The lowest BCUT2D eigenvalue weighted by molar-refractivity contribution is -0.385. The number of aromatic nitrogens is 1. The summed E-state index contributed by atoms with van der Waals surface area (Å²) in [5.74, 6) is 0. The Morgan fingerprint density at radius 1 is 1.26 bits per heavy atom. The highest BCUT2D eigenvalue weighted by Crippen LogP contribution is 2.27. The molecule has 8 nitrogen and oxygen atoms in total. The molecule has 0 spiro atoms. The van der Waals surface area contributed by atoms with Gasteiger partial charge < -0.3 is 0 Å². The van der Waals surface area contributed by atoms with E-state index < -0.39 is 14.9 Å². The maximum atomic E-state index is 13.0. The fourth-order valence-corrected chi connectivity index (χ4v) is 5.56. The average Bonchev–Trinajstić information content (AvgIpc) is 3.09. The van der Waals surface area contributed by atoms with Crippen LogP contribution in [0.25, 0.3) is 0 Å². The number of aryl methyl sites for hydroxylation is 1. The van der Waals surface area contributed by atoms with E-state index in [-0.39, 0.29) is 16.1 Å². The van der Waals surface area contributed by atoms with Gasteiger partial charge in [0.2, 0.25) is 10.0 Å². The van der Waals surface area contributed by atoms with Gasteiger partial charge in [0.25, 0.3) is 5.69 Å². The Morgan fingerprint density at radius 2 is 1.96 bits per heavy atom. The van der Waals surface area contributed by atoms with Crippen LogP contribution in [0.3, 0.4) is 0 Å². The van der Waals surface area contributed by atoms with Crippen molar-refractivity contribution in [3.8, 4) is 0 Å². The fraction of sp³-hybridized carbons (Fsp3) is 0.471. The lowest BCUT2D eigenvalue weighted by atomic mass is 10.2. The van der Waals surface area contributed by atoms with Crippen molar-refractivity contribution in [2.24, 2.45) is 0 Å². The summed E-state index contributed by atoms with van der Waals surface area (Å²) in [6.07, 6.45) is 0.916. The van der Waals surface area contributed by atoms with E-state index in [1.54, 1.807) is 11.3 Å². The van der Waals surface area contributed by atoms with E-state index in [0.29, 0.717) is 32.7 Å². The molecule has 0 aliphatic carbocycles. The monoisotopic (exact) mass is 410 g/mol. The summed E-state index contributed by atoms with van der Waals surface area (Å²) in [4.78, 5) is 17.3. The minimum atomic E-state index is -3.76. The van der Waals surface area contributed by atoms with Crippen LogP contribution in [0.4, 0.5) is 5.69 Å². The second-order valence-electron chi connectivity index (χ2n) is 6.42. The van der Waals surface area contributed by atoms with Gasteiger partial charge in [-0.05, 0) is 19.4 Å². The Kier molecular flexibility index (Phi) is 5.89. The van der Waals surface area contributed by atoms with Gasteiger partial charge in [-0.1, -0.05) is 13.0 Å². The quantitative estimate of drug-likeness (QED) is 0.536. The maximum Gasteiger partial charge on any atom is 0.273 e. The smallest absolute Gasteiger partial charge is 0.273 e. The van der Waals surface area contributed by atoms with E-state index in [2.05, 4.69) is 22.2 Å². The molecule has 0 radical (unpaired) electrons. The Bertz CT molecular complexity index is 934. The summed E-state index contributed by atoms with van der Waals surface area (Å²) in [6, 6.07) is 4.18. The normalized spacial score (nSPS) is 16.5. The summed E-state index contributed by atoms with van der Waals surface area (Å²) in [6.45, 7) is 6.18. The maximum absolute atomic E-state index is 13.0. The van der Waals surface area contributed by atoms with Gasteiger partial charge in [0.05, 0.1) is 20.5 Å². The first-order valence-corrected chi connectivity index (χ1v) is 11.0. The molecule has 0 unspecified atom stereocenters. The largest absolute Gasteiger partial charge is 0.295 e. The molecule has 2 aromatic rings. The zero-order chi connectivity index (χ0) is 19.6. The first-order chi connectivity index (χ1) is 12.8. The molecule has 10 heteroatoms. The molecule has 27 heavy (non-hydrogen) atoms. The van der Waals surface area contributed by atoms with Crippen LogP contribution in [-0.4, -0.2) is 53.7 Å². The lowest BCUT2D eigenvalue weighted by Gasteiger charge is -2.33. The van der Waals surface area contributed by atoms with Crippen molar-refractivity contribution in [3.63, 3.8) is 0 Å². The Hall–Kier alpha value is -1.88. The summed E-state index contributed by atoms with van der Waals surface area (Å²) < 4.78 is 27.3. The number of hydrogen-bond acceptors (Lipinski definition) is 7. The number of benzene rings is 1. The molecule has 0 atom stereocenters. The molecule has 0 bridgehead atoms. The molecule has 0 saturated carbocycles. The molecular weight excluding hydrogens is 388 g/mol. The van der Waals surface area contributed by atoms with Gasteiger partial charge in [0.1, 0.15) is 0 Å². The Balaban J connectivity index is 1.70. The van der Waals surface area contributed by atoms with Crippen LogP contribution in [0.15, 0.2) is 28.5 Å². The van der Waals surface area contributed by atoms with E-state index in [0.717, 1.165) is 17.1 Å². The van der Waals surface area contributed by atoms with Gasteiger partial charge in [0, 0.05) is 49.7 Å². The minimum absolute atomic E-state index is 0.0113. The zero-order valence-corrected chi connectivity index (χ0v) is 16.9. The number of piperazine rings is 1. The van der Waals surface area contributed by atoms with Crippen LogP contribution in [0.1, 0.15) is 23.2 Å². The summed E-state index contributed by atoms with van der Waals surface area (Å²) in [5, 5.41) is 14.3. The zero-order valence-electron chi connectivity index (χ0n) is 15.3. The van der Waals surface area contributed by atoms with E-state index >= 15 is 0 Å². The van der Waals surface area contributed by atoms with Crippen LogP contribution in [0.2, 0.25) is 0 Å². The SMILES string of the molecule is CCc1nc(CN2CCN(S(=O)(=O)c3cccc([N+](=O)[O-])c3C)CC2)cs1.